The van der Waals surface area contributed by atoms with Gasteiger partial charge in [0.2, 0.25) is 0 Å². The molecule has 0 saturated heterocycles. The Labute approximate surface area is 88.0 Å². The highest BCUT2D eigenvalue weighted by molar-refractivity contribution is 4.74. The van der Waals surface area contributed by atoms with Crippen LogP contribution in [0, 0.1) is 0 Å². The number of rotatable bonds is 4. The lowest BCUT2D eigenvalue weighted by atomic mass is 9.94. The fraction of sp³-hybridized carbons (Fsp3) is 1.00. The molecule has 1 aliphatic rings. The molecule has 0 heterocycles. The van der Waals surface area contributed by atoms with Crippen molar-refractivity contribution in [3.63, 3.8) is 0 Å². The van der Waals surface area contributed by atoms with Gasteiger partial charge >= 0.3 is 0 Å². The maximum absolute atomic E-state index is 5.79. The Morgan fingerprint density at radius 1 is 0.714 bits per heavy atom. The van der Waals surface area contributed by atoms with Crippen molar-refractivity contribution in [2.24, 2.45) is 0 Å². The van der Waals surface area contributed by atoms with Crippen LogP contribution in [0.25, 0.3) is 0 Å². The fourth-order valence-corrected chi connectivity index (χ4v) is 2.07. The number of ether oxygens (including phenoxy) is 2. The summed E-state index contributed by atoms with van der Waals surface area (Å²) in [6.45, 7) is 8.43. The van der Waals surface area contributed by atoms with Crippen molar-refractivity contribution in [1.29, 1.82) is 0 Å². The van der Waals surface area contributed by atoms with Crippen LogP contribution in [-0.2, 0) is 9.47 Å². The fourth-order valence-electron chi connectivity index (χ4n) is 2.07. The minimum absolute atomic E-state index is 0.363. The van der Waals surface area contributed by atoms with E-state index in [1.807, 2.05) is 0 Å². The molecule has 0 amide bonds. The first-order valence-corrected chi connectivity index (χ1v) is 5.89. The zero-order valence-electron chi connectivity index (χ0n) is 9.95. The normalized spacial score (nSPS) is 28.7. The Morgan fingerprint density at radius 2 is 1.00 bits per heavy atom. The molecule has 1 rings (SSSR count). The van der Waals surface area contributed by atoms with Crippen molar-refractivity contribution in [1.82, 2.24) is 0 Å². The summed E-state index contributed by atoms with van der Waals surface area (Å²) in [5.74, 6) is 0. The highest BCUT2D eigenvalue weighted by Crippen LogP contribution is 2.24. The zero-order valence-corrected chi connectivity index (χ0v) is 9.95. The van der Waals surface area contributed by atoms with Crippen LogP contribution in [0.3, 0.4) is 0 Å². The third kappa shape index (κ3) is 4.43. The molecule has 0 N–H and O–H groups in total. The van der Waals surface area contributed by atoms with Crippen molar-refractivity contribution >= 4 is 0 Å². The Bertz CT molecular complexity index is 128. The van der Waals surface area contributed by atoms with Gasteiger partial charge in [-0.15, -0.1) is 0 Å². The van der Waals surface area contributed by atoms with E-state index in [9.17, 15) is 0 Å². The van der Waals surface area contributed by atoms with Gasteiger partial charge in [0.15, 0.2) is 0 Å². The maximum atomic E-state index is 5.79. The van der Waals surface area contributed by atoms with E-state index in [4.69, 9.17) is 9.47 Å². The average Bonchev–Trinajstić information content (AvgIpc) is 2.06. The molecule has 0 aliphatic heterocycles. The predicted octanol–water partition coefficient (Wildman–Crippen LogP) is 3.15. The molecular formula is C12H24O2. The molecule has 0 spiro atoms. The third-order valence-electron chi connectivity index (χ3n) is 2.55. The zero-order chi connectivity index (χ0) is 10.6. The lowest BCUT2D eigenvalue weighted by Gasteiger charge is -2.30. The van der Waals surface area contributed by atoms with E-state index in [1.165, 1.54) is 0 Å². The third-order valence-corrected chi connectivity index (χ3v) is 2.55. The number of hydrogen-bond acceptors (Lipinski definition) is 2. The smallest absolute Gasteiger partial charge is 0.0580 e. The quantitative estimate of drug-likeness (QED) is 0.694. The highest BCUT2D eigenvalue weighted by Gasteiger charge is 2.23. The van der Waals surface area contributed by atoms with Crippen LogP contribution in [0.2, 0.25) is 0 Å². The van der Waals surface area contributed by atoms with Crippen LogP contribution in [-0.4, -0.2) is 24.4 Å². The molecule has 1 saturated carbocycles. The van der Waals surface area contributed by atoms with Gasteiger partial charge in [0, 0.05) is 0 Å². The Kier molecular flexibility index (Phi) is 4.90. The van der Waals surface area contributed by atoms with E-state index >= 15 is 0 Å². The van der Waals surface area contributed by atoms with E-state index in [0.717, 1.165) is 25.7 Å². The van der Waals surface area contributed by atoms with Crippen LogP contribution in [0.4, 0.5) is 0 Å². The molecular weight excluding hydrogens is 176 g/mol. The minimum atomic E-state index is 0.363. The standard InChI is InChI=1S/C12H24O2/c1-9(2)13-11-5-7-12(8-6-11)14-10(3)4/h9-12H,5-8H2,1-4H3/t11-,12-. The summed E-state index contributed by atoms with van der Waals surface area (Å²) in [5.41, 5.74) is 0. The van der Waals surface area contributed by atoms with Crippen molar-refractivity contribution in [3.8, 4) is 0 Å². The molecule has 0 unspecified atom stereocenters. The Hall–Kier alpha value is -0.0800. The van der Waals surface area contributed by atoms with Crippen LogP contribution < -0.4 is 0 Å². The molecule has 0 aromatic carbocycles. The van der Waals surface area contributed by atoms with Gasteiger partial charge in [-0.05, 0) is 53.4 Å². The second-order valence-corrected chi connectivity index (χ2v) is 4.77. The summed E-state index contributed by atoms with van der Waals surface area (Å²) < 4.78 is 11.6. The van der Waals surface area contributed by atoms with E-state index in [0.29, 0.717) is 24.4 Å². The van der Waals surface area contributed by atoms with Crippen LogP contribution in [0.1, 0.15) is 53.4 Å². The molecule has 0 atom stereocenters. The van der Waals surface area contributed by atoms with Crippen molar-refractivity contribution in [3.05, 3.63) is 0 Å². The number of hydrogen-bond donors (Lipinski definition) is 0. The van der Waals surface area contributed by atoms with Crippen LogP contribution in [0.5, 0.6) is 0 Å². The topological polar surface area (TPSA) is 18.5 Å². The Balaban J connectivity index is 2.17. The van der Waals surface area contributed by atoms with Gasteiger partial charge in [-0.1, -0.05) is 0 Å². The van der Waals surface area contributed by atoms with E-state index in [1.54, 1.807) is 0 Å². The van der Waals surface area contributed by atoms with Gasteiger partial charge in [-0.25, -0.2) is 0 Å². The van der Waals surface area contributed by atoms with Crippen molar-refractivity contribution < 1.29 is 9.47 Å². The average molecular weight is 200 g/mol. The lowest BCUT2D eigenvalue weighted by Crippen LogP contribution is -2.29. The molecule has 0 bridgehead atoms. The first kappa shape index (κ1) is 12.0. The van der Waals surface area contributed by atoms with Gasteiger partial charge in [0.05, 0.1) is 24.4 Å². The monoisotopic (exact) mass is 200 g/mol. The second kappa shape index (κ2) is 5.72. The summed E-state index contributed by atoms with van der Waals surface area (Å²) >= 11 is 0. The molecule has 14 heavy (non-hydrogen) atoms. The first-order valence-electron chi connectivity index (χ1n) is 5.89. The van der Waals surface area contributed by atoms with E-state index in [-0.39, 0.29) is 0 Å². The van der Waals surface area contributed by atoms with E-state index in [2.05, 4.69) is 27.7 Å². The summed E-state index contributed by atoms with van der Waals surface area (Å²) in [6.07, 6.45) is 6.32. The molecule has 0 aromatic heterocycles. The predicted molar refractivity (Wildman–Crippen MR) is 58.5 cm³/mol. The molecule has 1 aliphatic carbocycles. The largest absolute Gasteiger partial charge is 0.376 e. The van der Waals surface area contributed by atoms with Gasteiger partial charge < -0.3 is 9.47 Å². The second-order valence-electron chi connectivity index (χ2n) is 4.77. The maximum Gasteiger partial charge on any atom is 0.0580 e. The van der Waals surface area contributed by atoms with Crippen molar-refractivity contribution in [2.75, 3.05) is 0 Å². The molecule has 84 valence electrons. The van der Waals surface area contributed by atoms with Gasteiger partial charge in [-0.3, -0.25) is 0 Å². The Morgan fingerprint density at radius 3 is 1.21 bits per heavy atom. The SMILES string of the molecule is CC(C)O[C@H]1CC[C@H](OC(C)C)CC1. The minimum Gasteiger partial charge on any atom is -0.376 e. The molecule has 0 aromatic rings. The summed E-state index contributed by atoms with van der Waals surface area (Å²) in [6, 6.07) is 0. The van der Waals surface area contributed by atoms with Crippen LogP contribution >= 0.6 is 0 Å². The molecule has 0 radical (unpaired) electrons. The van der Waals surface area contributed by atoms with E-state index < -0.39 is 0 Å². The lowest BCUT2D eigenvalue weighted by molar-refractivity contribution is -0.0657. The van der Waals surface area contributed by atoms with Gasteiger partial charge in [0.1, 0.15) is 0 Å². The first-order chi connectivity index (χ1) is 6.58. The summed E-state index contributed by atoms with van der Waals surface area (Å²) in [5, 5.41) is 0. The molecule has 2 heteroatoms. The van der Waals surface area contributed by atoms with Crippen molar-refractivity contribution in [2.45, 2.75) is 77.8 Å². The van der Waals surface area contributed by atoms with Gasteiger partial charge in [-0.2, -0.15) is 0 Å². The molecule has 1 fully saturated rings. The summed E-state index contributed by atoms with van der Waals surface area (Å²) in [7, 11) is 0. The molecule has 2 nitrogen and oxygen atoms in total. The van der Waals surface area contributed by atoms with Crippen LogP contribution in [0.15, 0.2) is 0 Å². The van der Waals surface area contributed by atoms with Gasteiger partial charge in [0.25, 0.3) is 0 Å². The highest BCUT2D eigenvalue weighted by atomic mass is 16.5. The summed E-state index contributed by atoms with van der Waals surface area (Å²) in [4.78, 5) is 0.